The Hall–Kier alpha value is -2.10. The highest BCUT2D eigenvalue weighted by molar-refractivity contribution is 5.92. The Bertz CT molecular complexity index is 1460. The molecule has 3 spiro atoms. The zero-order valence-electron chi connectivity index (χ0n) is 30.5. The predicted octanol–water partition coefficient (Wildman–Crippen LogP) is 7.44. The average molecular weight is 678 g/mol. The first kappa shape index (κ1) is 35.3. The van der Waals surface area contributed by atoms with E-state index in [1.54, 1.807) is 0 Å². The van der Waals surface area contributed by atoms with Crippen LogP contribution in [-0.2, 0) is 23.7 Å². The number of fused-ring (bicyclic) bond motifs is 2. The molecular formula is C41H59NO7. The summed E-state index contributed by atoms with van der Waals surface area (Å²) in [6, 6.07) is 0. The molecule has 0 aromatic carbocycles. The van der Waals surface area contributed by atoms with Gasteiger partial charge in [-0.1, -0.05) is 37.6 Å². The fraction of sp³-hybridized carbons (Fsp3) is 0.756. The summed E-state index contributed by atoms with van der Waals surface area (Å²) in [6.07, 6.45) is 13.5. The summed E-state index contributed by atoms with van der Waals surface area (Å²) in [5, 5.41) is 22.9. The lowest BCUT2D eigenvalue weighted by Crippen LogP contribution is -2.52. The Morgan fingerprint density at radius 3 is 2.51 bits per heavy atom. The van der Waals surface area contributed by atoms with Gasteiger partial charge in [-0.2, -0.15) is 0 Å². The second kappa shape index (κ2) is 13.5. The van der Waals surface area contributed by atoms with Gasteiger partial charge < -0.3 is 29.2 Å². The first-order valence-corrected chi connectivity index (χ1v) is 19.2. The molecule has 1 aliphatic carbocycles. The molecule has 0 amide bonds. The van der Waals surface area contributed by atoms with Gasteiger partial charge in [0.05, 0.1) is 18.3 Å². The zero-order valence-corrected chi connectivity index (χ0v) is 30.5. The van der Waals surface area contributed by atoms with Gasteiger partial charge in [-0.15, -0.1) is 0 Å². The fourth-order valence-corrected chi connectivity index (χ4v) is 10.2. The first-order chi connectivity index (χ1) is 23.3. The smallest absolute Gasteiger partial charge is 0.334 e. The lowest BCUT2D eigenvalue weighted by atomic mass is 9.56. The van der Waals surface area contributed by atoms with Crippen molar-refractivity contribution in [1.29, 1.82) is 0 Å². The second-order valence-electron chi connectivity index (χ2n) is 16.9. The molecule has 0 aromatic heterocycles. The van der Waals surface area contributed by atoms with Crippen LogP contribution in [0.4, 0.5) is 0 Å². The van der Waals surface area contributed by atoms with E-state index >= 15 is 0 Å². The van der Waals surface area contributed by atoms with E-state index in [0.29, 0.717) is 43.1 Å². The van der Waals surface area contributed by atoms with Gasteiger partial charge >= 0.3 is 5.97 Å². The molecule has 4 bridgehead atoms. The molecule has 8 heteroatoms. The number of aliphatic hydroxyl groups is 2. The van der Waals surface area contributed by atoms with Crippen molar-refractivity contribution in [2.75, 3.05) is 6.54 Å². The van der Waals surface area contributed by atoms with Crippen LogP contribution < -0.4 is 0 Å². The molecule has 0 unspecified atom stereocenters. The number of carbonyl (C=O) groups is 1. The number of aliphatic hydroxyl groups excluding tert-OH is 2. The Morgan fingerprint density at radius 1 is 0.918 bits per heavy atom. The predicted molar refractivity (Wildman–Crippen MR) is 189 cm³/mol. The van der Waals surface area contributed by atoms with Gasteiger partial charge in [0.15, 0.2) is 11.6 Å². The quantitative estimate of drug-likeness (QED) is 0.220. The molecule has 6 aliphatic heterocycles. The van der Waals surface area contributed by atoms with Crippen molar-refractivity contribution in [1.82, 2.24) is 0 Å². The molecule has 7 aliphatic rings. The second-order valence-corrected chi connectivity index (χ2v) is 16.9. The number of hydrogen-bond donors (Lipinski definition) is 2. The van der Waals surface area contributed by atoms with E-state index in [1.807, 2.05) is 13.0 Å². The van der Waals surface area contributed by atoms with Crippen LogP contribution >= 0.6 is 0 Å². The van der Waals surface area contributed by atoms with Crippen molar-refractivity contribution in [2.24, 2.45) is 28.2 Å². The highest BCUT2D eigenvalue weighted by Crippen LogP contribution is 2.55. The molecule has 0 radical (unpaired) electrons. The minimum absolute atomic E-state index is 0.0266. The van der Waals surface area contributed by atoms with Crippen LogP contribution in [-0.4, -0.2) is 70.5 Å². The van der Waals surface area contributed by atoms with Gasteiger partial charge in [-0.25, -0.2) is 4.79 Å². The number of ether oxygens (including phenoxy) is 4. The van der Waals surface area contributed by atoms with E-state index in [1.165, 1.54) is 22.4 Å². The van der Waals surface area contributed by atoms with Crippen molar-refractivity contribution in [3.05, 3.63) is 46.6 Å². The highest BCUT2D eigenvalue weighted by Gasteiger charge is 2.59. The van der Waals surface area contributed by atoms with E-state index in [0.717, 1.165) is 76.3 Å². The molecule has 8 nitrogen and oxygen atoms in total. The number of esters is 1. The van der Waals surface area contributed by atoms with E-state index in [-0.39, 0.29) is 35.6 Å². The monoisotopic (exact) mass is 677 g/mol. The molecule has 270 valence electrons. The van der Waals surface area contributed by atoms with Gasteiger partial charge in [0.1, 0.15) is 12.2 Å². The number of hydrogen-bond acceptors (Lipinski definition) is 8. The van der Waals surface area contributed by atoms with Crippen molar-refractivity contribution >= 4 is 11.7 Å². The maximum Gasteiger partial charge on any atom is 0.334 e. The van der Waals surface area contributed by atoms with Gasteiger partial charge in [0, 0.05) is 54.8 Å². The summed E-state index contributed by atoms with van der Waals surface area (Å²) in [4.78, 5) is 17.9. The lowest BCUT2D eigenvalue weighted by Gasteiger charge is -2.47. The molecule has 2 N–H and O–H groups in total. The number of nitrogens with zero attached hydrogens (tertiary/aromatic N) is 1. The topological polar surface area (TPSA) is 107 Å². The van der Waals surface area contributed by atoms with E-state index in [9.17, 15) is 15.0 Å². The Morgan fingerprint density at radius 2 is 1.73 bits per heavy atom. The number of carbonyl (C=O) groups excluding carboxylic acids is 1. The van der Waals surface area contributed by atoms with Gasteiger partial charge in [0.25, 0.3) is 0 Å². The van der Waals surface area contributed by atoms with Crippen molar-refractivity contribution < 1.29 is 34.0 Å². The largest absolute Gasteiger partial charge is 0.450 e. The normalized spacial score (nSPS) is 46.2. The summed E-state index contributed by atoms with van der Waals surface area (Å²) in [5.41, 5.74) is 6.34. The average Bonchev–Trinajstić information content (AvgIpc) is 3.71. The number of rotatable bonds is 1. The van der Waals surface area contributed by atoms with Crippen LogP contribution in [0.1, 0.15) is 125 Å². The van der Waals surface area contributed by atoms with E-state index in [2.05, 4.69) is 40.3 Å². The third kappa shape index (κ3) is 6.59. The lowest BCUT2D eigenvalue weighted by molar-refractivity contribution is -0.363. The minimum Gasteiger partial charge on any atom is -0.450 e. The minimum atomic E-state index is -1.04. The van der Waals surface area contributed by atoms with Crippen molar-refractivity contribution in [2.45, 2.75) is 167 Å². The molecular weight excluding hydrogens is 618 g/mol. The first-order valence-electron chi connectivity index (χ1n) is 19.2. The van der Waals surface area contributed by atoms with Gasteiger partial charge in [-0.05, 0) is 114 Å². The molecule has 49 heavy (non-hydrogen) atoms. The van der Waals surface area contributed by atoms with Crippen LogP contribution in [0.3, 0.4) is 0 Å². The highest BCUT2D eigenvalue weighted by atomic mass is 16.8. The molecule has 11 atom stereocenters. The Labute approximate surface area is 293 Å². The maximum atomic E-state index is 12.5. The molecule has 0 aromatic rings. The zero-order chi connectivity index (χ0) is 34.7. The molecule has 3 saturated heterocycles. The maximum absolute atomic E-state index is 12.5. The van der Waals surface area contributed by atoms with Crippen LogP contribution in [0.15, 0.2) is 51.6 Å². The summed E-state index contributed by atoms with van der Waals surface area (Å²) in [7, 11) is 0. The molecule has 3 fully saturated rings. The number of cyclic esters (lactones) is 1. The molecule has 0 saturated carbocycles. The van der Waals surface area contributed by atoms with Gasteiger partial charge in [-0.3, -0.25) is 4.99 Å². The van der Waals surface area contributed by atoms with E-state index in [4.69, 9.17) is 23.9 Å². The summed E-state index contributed by atoms with van der Waals surface area (Å²) >= 11 is 0. The standard InChI is InChI=1S/C41H59NO7/c1-24-8-7-9-36-39(22-27(4)28(5)23-42-36)14-13-32(35-20-26(3)38(45)46-35)29(6)33(39)19-25(2)34(43)21-31-12-15-40(47-31)16-17-41(49-40)37(44)11-10-30(18-24)48-41/h19-20,27-28,30-31,33-35,37,43-44H,1,7-18,21-23H2,2-6H3/b25-19+/t27-,28-,30-,31-,33-,34-,35-,37+,39+,40+,41+/m0/s1. The summed E-state index contributed by atoms with van der Waals surface area (Å²) < 4.78 is 25.8. The number of aliphatic imine (C=N–C) groups is 1. The third-order valence-corrected chi connectivity index (χ3v) is 13.5. The Kier molecular flexibility index (Phi) is 9.70. The molecule has 6 heterocycles. The van der Waals surface area contributed by atoms with Crippen molar-refractivity contribution in [3.8, 4) is 0 Å². The van der Waals surface area contributed by atoms with Crippen LogP contribution in [0.5, 0.6) is 0 Å². The summed E-state index contributed by atoms with van der Waals surface area (Å²) in [5.74, 6) is -1.06. The fourth-order valence-electron chi connectivity index (χ4n) is 10.2. The van der Waals surface area contributed by atoms with E-state index < -0.39 is 23.8 Å². The SMILES string of the molecule is C=C1CCCC2=NC[C@H](C)[C@@H](C)C[C@@]23CCC([C@@H]2C=C(C)C(=O)O2)=C(C)[C@@H]3/C=C(\C)[C@@H](O)C[C@@H]2CC[C@@]3(CC[C@@]4(O[C@@H](CC[C@H]4O)C1)O3)O2. The third-order valence-electron chi connectivity index (χ3n) is 13.5. The van der Waals surface area contributed by atoms with Crippen LogP contribution in [0.25, 0.3) is 0 Å². The molecule has 7 rings (SSSR count). The van der Waals surface area contributed by atoms with Crippen molar-refractivity contribution in [3.63, 3.8) is 0 Å². The van der Waals surface area contributed by atoms with Crippen LogP contribution in [0.2, 0.25) is 0 Å². The Balaban J connectivity index is 1.26. The van der Waals surface area contributed by atoms with Gasteiger partial charge in [0.2, 0.25) is 0 Å². The van der Waals surface area contributed by atoms with Crippen LogP contribution in [0, 0.1) is 23.2 Å². The summed E-state index contributed by atoms with van der Waals surface area (Å²) in [6.45, 7) is 16.2. The number of allylic oxidation sites excluding steroid dienone is 2.